The lowest BCUT2D eigenvalue weighted by molar-refractivity contribution is 0.0571. The van der Waals surface area contributed by atoms with Crippen molar-refractivity contribution in [3.05, 3.63) is 29.6 Å². The first-order valence-corrected chi connectivity index (χ1v) is 6.43. The summed E-state index contributed by atoms with van der Waals surface area (Å²) in [5, 5.41) is 12.8. The van der Waals surface area contributed by atoms with E-state index in [0.717, 1.165) is 5.56 Å². The summed E-state index contributed by atoms with van der Waals surface area (Å²) < 4.78 is 19.3. The molecule has 2 unspecified atom stereocenters. The van der Waals surface area contributed by atoms with Crippen molar-refractivity contribution in [2.24, 2.45) is 0 Å². The molecule has 2 N–H and O–H groups in total. The minimum atomic E-state index is -0.631. The van der Waals surface area contributed by atoms with Crippen molar-refractivity contribution >= 4 is 0 Å². The van der Waals surface area contributed by atoms with Gasteiger partial charge < -0.3 is 15.2 Å². The fourth-order valence-corrected chi connectivity index (χ4v) is 1.65. The highest BCUT2D eigenvalue weighted by atomic mass is 19.1. The van der Waals surface area contributed by atoms with E-state index in [1.165, 1.54) is 18.9 Å². The van der Waals surface area contributed by atoms with E-state index >= 15 is 0 Å². The van der Waals surface area contributed by atoms with E-state index in [0.29, 0.717) is 12.6 Å². The molecule has 2 atom stereocenters. The molecule has 1 saturated carbocycles. The Balaban J connectivity index is 2.09. The summed E-state index contributed by atoms with van der Waals surface area (Å²) in [5.74, 6) is -0.128. The predicted molar refractivity (Wildman–Crippen MR) is 68.0 cm³/mol. The SMILES string of the molecule is CC(O)C(C)Oc1c(F)cccc1CNC1CC1. The van der Waals surface area contributed by atoms with Gasteiger partial charge >= 0.3 is 0 Å². The lowest BCUT2D eigenvalue weighted by Crippen LogP contribution is -2.27. The molecule has 0 amide bonds. The van der Waals surface area contributed by atoms with Crippen LogP contribution >= 0.6 is 0 Å². The van der Waals surface area contributed by atoms with Gasteiger partial charge in [-0.3, -0.25) is 0 Å². The maximum absolute atomic E-state index is 13.8. The summed E-state index contributed by atoms with van der Waals surface area (Å²) in [6, 6.07) is 5.47. The molecule has 0 saturated heterocycles. The lowest BCUT2D eigenvalue weighted by atomic mass is 10.1. The van der Waals surface area contributed by atoms with Crippen LogP contribution in [0.1, 0.15) is 32.3 Å². The molecule has 2 rings (SSSR count). The number of rotatable bonds is 6. The predicted octanol–water partition coefficient (Wildman–Crippen LogP) is 2.23. The molecular formula is C14H20FNO2. The molecule has 1 aromatic carbocycles. The van der Waals surface area contributed by atoms with Crippen molar-refractivity contribution < 1.29 is 14.2 Å². The zero-order valence-electron chi connectivity index (χ0n) is 10.8. The number of ether oxygens (including phenoxy) is 1. The van der Waals surface area contributed by atoms with Gasteiger partial charge in [-0.05, 0) is 32.8 Å². The number of aliphatic hydroxyl groups is 1. The smallest absolute Gasteiger partial charge is 0.165 e. The molecule has 1 aliphatic carbocycles. The quantitative estimate of drug-likeness (QED) is 0.817. The molecule has 0 aromatic heterocycles. The molecule has 1 aliphatic rings. The van der Waals surface area contributed by atoms with Gasteiger partial charge in [-0.2, -0.15) is 0 Å². The van der Waals surface area contributed by atoms with Crippen LogP contribution in [0.4, 0.5) is 4.39 Å². The number of benzene rings is 1. The molecule has 0 spiro atoms. The number of nitrogens with one attached hydrogen (secondary N) is 1. The number of halogens is 1. The van der Waals surface area contributed by atoms with E-state index in [1.54, 1.807) is 19.9 Å². The summed E-state index contributed by atoms with van der Waals surface area (Å²) in [7, 11) is 0. The first-order chi connectivity index (χ1) is 8.58. The van der Waals surface area contributed by atoms with Gasteiger partial charge in [0.2, 0.25) is 0 Å². The van der Waals surface area contributed by atoms with E-state index in [2.05, 4.69) is 5.32 Å². The minimum absolute atomic E-state index is 0.249. The Hall–Kier alpha value is -1.13. The van der Waals surface area contributed by atoms with E-state index < -0.39 is 12.2 Å². The molecule has 0 heterocycles. The first-order valence-electron chi connectivity index (χ1n) is 6.43. The van der Waals surface area contributed by atoms with E-state index in [-0.39, 0.29) is 11.6 Å². The summed E-state index contributed by atoms with van der Waals surface area (Å²) in [6.45, 7) is 3.97. The molecular weight excluding hydrogens is 233 g/mol. The standard InChI is InChI=1S/C14H20FNO2/c1-9(17)10(2)18-14-11(4-3-5-13(14)15)8-16-12-6-7-12/h3-5,9-10,12,16-17H,6-8H2,1-2H3. The van der Waals surface area contributed by atoms with Crippen LogP contribution in [0.15, 0.2) is 18.2 Å². The summed E-state index contributed by atoms with van der Waals surface area (Å²) in [6.07, 6.45) is 1.32. The van der Waals surface area contributed by atoms with Crippen LogP contribution < -0.4 is 10.1 Å². The van der Waals surface area contributed by atoms with Gasteiger partial charge in [0.15, 0.2) is 11.6 Å². The van der Waals surface area contributed by atoms with Gasteiger partial charge in [-0.25, -0.2) is 4.39 Å². The molecule has 1 fully saturated rings. The minimum Gasteiger partial charge on any atom is -0.485 e. The Kier molecular flexibility index (Phi) is 4.19. The molecule has 0 bridgehead atoms. The van der Waals surface area contributed by atoms with Crippen LogP contribution in [0.2, 0.25) is 0 Å². The first kappa shape index (κ1) is 13.3. The van der Waals surface area contributed by atoms with Crippen molar-refractivity contribution in [1.29, 1.82) is 0 Å². The highest BCUT2D eigenvalue weighted by Crippen LogP contribution is 2.26. The number of aliphatic hydroxyl groups excluding tert-OH is 1. The lowest BCUT2D eigenvalue weighted by Gasteiger charge is -2.20. The zero-order chi connectivity index (χ0) is 13.1. The zero-order valence-corrected chi connectivity index (χ0v) is 10.8. The summed E-state index contributed by atoms with van der Waals surface area (Å²) >= 11 is 0. The van der Waals surface area contributed by atoms with Gasteiger partial charge in [0.05, 0.1) is 6.10 Å². The number of hydrogen-bond donors (Lipinski definition) is 2. The summed E-state index contributed by atoms with van der Waals surface area (Å²) in [4.78, 5) is 0. The maximum atomic E-state index is 13.8. The van der Waals surface area contributed by atoms with Crippen LogP contribution in [0, 0.1) is 5.82 Å². The van der Waals surface area contributed by atoms with Crippen LogP contribution in [-0.4, -0.2) is 23.4 Å². The molecule has 4 heteroatoms. The maximum Gasteiger partial charge on any atom is 0.165 e. The normalized spacial score (nSPS) is 18.4. The second-order valence-corrected chi connectivity index (χ2v) is 4.95. The Morgan fingerprint density at radius 3 is 2.78 bits per heavy atom. The van der Waals surface area contributed by atoms with Gasteiger partial charge in [0, 0.05) is 18.2 Å². The second kappa shape index (κ2) is 5.67. The Bertz CT molecular complexity index is 405. The molecule has 100 valence electrons. The van der Waals surface area contributed by atoms with Crippen molar-refractivity contribution in [1.82, 2.24) is 5.32 Å². The average molecular weight is 253 g/mol. The van der Waals surface area contributed by atoms with Crippen LogP contribution in [0.3, 0.4) is 0 Å². The van der Waals surface area contributed by atoms with Crippen LogP contribution in [0.5, 0.6) is 5.75 Å². The molecule has 3 nitrogen and oxygen atoms in total. The van der Waals surface area contributed by atoms with Crippen LogP contribution in [0.25, 0.3) is 0 Å². The van der Waals surface area contributed by atoms with Gasteiger partial charge in [0.25, 0.3) is 0 Å². The molecule has 0 radical (unpaired) electrons. The van der Waals surface area contributed by atoms with Crippen molar-refractivity contribution in [3.8, 4) is 5.75 Å². The van der Waals surface area contributed by atoms with E-state index in [9.17, 15) is 9.50 Å². The number of para-hydroxylation sites is 1. The Labute approximate surface area is 107 Å². The molecule has 1 aromatic rings. The highest BCUT2D eigenvalue weighted by molar-refractivity contribution is 5.35. The van der Waals surface area contributed by atoms with Crippen molar-refractivity contribution in [3.63, 3.8) is 0 Å². The van der Waals surface area contributed by atoms with Gasteiger partial charge in [-0.1, -0.05) is 12.1 Å². The Morgan fingerprint density at radius 2 is 2.17 bits per heavy atom. The third-order valence-corrected chi connectivity index (χ3v) is 3.19. The largest absolute Gasteiger partial charge is 0.485 e. The second-order valence-electron chi connectivity index (χ2n) is 4.95. The van der Waals surface area contributed by atoms with Gasteiger partial charge in [0.1, 0.15) is 6.10 Å². The number of hydrogen-bond acceptors (Lipinski definition) is 3. The fraction of sp³-hybridized carbons (Fsp3) is 0.571. The Morgan fingerprint density at radius 1 is 1.44 bits per heavy atom. The van der Waals surface area contributed by atoms with Crippen molar-refractivity contribution in [2.45, 2.75) is 51.5 Å². The third-order valence-electron chi connectivity index (χ3n) is 3.19. The molecule has 0 aliphatic heterocycles. The topological polar surface area (TPSA) is 41.5 Å². The van der Waals surface area contributed by atoms with E-state index in [4.69, 9.17) is 4.74 Å². The molecule has 18 heavy (non-hydrogen) atoms. The highest BCUT2D eigenvalue weighted by Gasteiger charge is 2.22. The average Bonchev–Trinajstić information content (AvgIpc) is 3.13. The van der Waals surface area contributed by atoms with E-state index in [1.807, 2.05) is 6.07 Å². The third kappa shape index (κ3) is 3.43. The monoisotopic (exact) mass is 253 g/mol. The summed E-state index contributed by atoms with van der Waals surface area (Å²) in [5.41, 5.74) is 0.800. The van der Waals surface area contributed by atoms with Gasteiger partial charge in [-0.15, -0.1) is 0 Å². The van der Waals surface area contributed by atoms with Crippen LogP contribution in [-0.2, 0) is 6.54 Å². The van der Waals surface area contributed by atoms with Crippen molar-refractivity contribution in [2.75, 3.05) is 0 Å². The fourth-order valence-electron chi connectivity index (χ4n) is 1.65.